The van der Waals surface area contributed by atoms with Crippen LogP contribution in [0.5, 0.6) is 5.75 Å². The van der Waals surface area contributed by atoms with Gasteiger partial charge in [0.1, 0.15) is 42.6 Å². The molecule has 15 nitrogen and oxygen atoms in total. The molecule has 0 radical (unpaired) electrons. The summed E-state index contributed by atoms with van der Waals surface area (Å²) in [6.45, 7) is 3.44. The van der Waals surface area contributed by atoms with Crippen molar-refractivity contribution in [1.82, 2.24) is 14.6 Å². The van der Waals surface area contributed by atoms with E-state index in [4.69, 9.17) is 28.0 Å². The summed E-state index contributed by atoms with van der Waals surface area (Å²) in [5.41, 5.74) is 0.288. The number of nitrogens with zero attached hydrogens (tertiary/aromatic N) is 5. The highest BCUT2D eigenvalue weighted by molar-refractivity contribution is 7.47. The zero-order chi connectivity index (χ0) is 42.5. The lowest BCUT2D eigenvalue weighted by Gasteiger charge is -2.24. The number of phosphoric acid groups is 1. The Morgan fingerprint density at radius 3 is 2.17 bits per heavy atom. The van der Waals surface area contributed by atoms with Gasteiger partial charge in [-0.25, -0.2) is 14.1 Å². The van der Waals surface area contributed by atoms with Gasteiger partial charge in [-0.05, 0) is 43.7 Å². The number of fused-ring (bicyclic) bond motifs is 1. The SMILES string of the molecule is CCCCCCCCCCCCCCCCCCOC[C@H](COP(=O)(O)OC[C@H]1O[C@@](C#N)(c2ccc3c(C)ncnn23)[C@H](O)[C@@H]1O)OCc1cc(C#N)ccc1OC. The molecule has 1 aliphatic rings. The molecule has 0 aliphatic carbocycles. The highest BCUT2D eigenvalue weighted by Gasteiger charge is 2.58. The summed E-state index contributed by atoms with van der Waals surface area (Å²) in [5, 5.41) is 45.7. The monoisotopic (exact) mass is 841 g/mol. The summed E-state index contributed by atoms with van der Waals surface area (Å²) >= 11 is 0. The number of rotatable bonds is 30. The number of nitriles is 2. The fourth-order valence-corrected chi connectivity index (χ4v) is 8.08. The number of hydrogen-bond acceptors (Lipinski definition) is 13. The first kappa shape index (κ1) is 48.2. The van der Waals surface area contributed by atoms with Crippen molar-refractivity contribution >= 4 is 13.3 Å². The van der Waals surface area contributed by atoms with E-state index in [-0.39, 0.29) is 18.9 Å². The van der Waals surface area contributed by atoms with Crippen LogP contribution in [-0.2, 0) is 40.0 Å². The molecule has 2 aromatic heterocycles. The molecule has 3 heterocycles. The fraction of sp³-hybridized carbons (Fsp3) is 0.674. The molecule has 4 rings (SSSR count). The molecule has 0 spiro atoms. The molecule has 1 fully saturated rings. The minimum absolute atomic E-state index is 0.000810. The van der Waals surface area contributed by atoms with E-state index in [1.807, 2.05) is 6.07 Å². The molecule has 0 bridgehead atoms. The number of aliphatic hydroxyl groups is 2. The smallest absolute Gasteiger partial charge is 0.472 e. The Balaban J connectivity index is 1.22. The lowest BCUT2D eigenvalue weighted by Crippen LogP contribution is -2.41. The second-order valence-electron chi connectivity index (χ2n) is 15.3. The first-order valence-electron chi connectivity index (χ1n) is 21.2. The van der Waals surface area contributed by atoms with Crippen LogP contribution in [0.3, 0.4) is 0 Å². The van der Waals surface area contributed by atoms with Gasteiger partial charge in [0.15, 0.2) is 0 Å². The molecule has 1 saturated heterocycles. The van der Waals surface area contributed by atoms with Gasteiger partial charge >= 0.3 is 7.82 Å². The first-order chi connectivity index (χ1) is 28.6. The molecular weight excluding hydrogens is 777 g/mol. The summed E-state index contributed by atoms with van der Waals surface area (Å²) in [4.78, 5) is 14.8. The third kappa shape index (κ3) is 14.6. The zero-order valence-corrected chi connectivity index (χ0v) is 35.9. The standard InChI is InChI=1S/C43H64N5O10P/c1-4-5-6-7-8-9-10-11-12-13-14-15-16-17-18-19-24-54-28-36(55-27-35-25-34(26-44)20-22-38(35)53-3)29-56-59(51,52)57-30-39-41(49)42(50)43(31-45,58-39)40-23-21-37-33(2)46-32-47-48(37)40/h20-23,25,32,36,39,41-42,49-50H,4-19,24,27-30H2,1-3H3,(H,51,52)/t36-,39-,41-,42-,43+/m1/s1. The van der Waals surface area contributed by atoms with Gasteiger partial charge in [-0.3, -0.25) is 9.05 Å². The van der Waals surface area contributed by atoms with Crippen LogP contribution in [0.4, 0.5) is 0 Å². The highest BCUT2D eigenvalue weighted by Crippen LogP contribution is 2.46. The summed E-state index contributed by atoms with van der Waals surface area (Å²) in [5.74, 6) is 0.510. The number of hydrogen-bond donors (Lipinski definition) is 3. The topological polar surface area (TPSA) is 211 Å². The van der Waals surface area contributed by atoms with E-state index in [0.29, 0.717) is 34.7 Å². The van der Waals surface area contributed by atoms with Crippen molar-refractivity contribution in [2.24, 2.45) is 0 Å². The Labute approximate surface area is 349 Å². The molecule has 16 heteroatoms. The van der Waals surface area contributed by atoms with Crippen molar-refractivity contribution in [1.29, 1.82) is 10.5 Å². The number of aliphatic hydroxyl groups excluding tert-OH is 2. The van der Waals surface area contributed by atoms with E-state index in [0.717, 1.165) is 19.3 Å². The number of benzene rings is 1. The molecule has 1 unspecified atom stereocenters. The van der Waals surface area contributed by atoms with Crippen molar-refractivity contribution in [2.75, 3.05) is 33.5 Å². The summed E-state index contributed by atoms with van der Waals surface area (Å²) in [7, 11) is -3.28. The number of aryl methyl sites for hydroxylation is 1. The molecule has 1 aromatic carbocycles. The van der Waals surface area contributed by atoms with Gasteiger partial charge in [-0.15, -0.1) is 0 Å². The van der Waals surface area contributed by atoms with Gasteiger partial charge < -0.3 is 34.1 Å². The fourth-order valence-electron chi connectivity index (χ4n) is 7.32. The predicted octanol–water partition coefficient (Wildman–Crippen LogP) is 7.75. The van der Waals surface area contributed by atoms with Crippen LogP contribution in [0.2, 0.25) is 0 Å². The Hall–Kier alpha value is -3.47. The second kappa shape index (κ2) is 25.3. The molecule has 1 aliphatic heterocycles. The zero-order valence-electron chi connectivity index (χ0n) is 35.0. The van der Waals surface area contributed by atoms with Crippen LogP contribution in [0.25, 0.3) is 5.52 Å². The Bertz CT molecular complexity index is 1830. The van der Waals surface area contributed by atoms with E-state index in [9.17, 15) is 30.2 Å². The van der Waals surface area contributed by atoms with Crippen LogP contribution in [-0.4, -0.2) is 87.7 Å². The van der Waals surface area contributed by atoms with Crippen LogP contribution in [0.15, 0.2) is 36.7 Å². The summed E-state index contributed by atoms with van der Waals surface area (Å²) < 4.78 is 48.3. The molecular formula is C43H64N5O10P. The van der Waals surface area contributed by atoms with Gasteiger partial charge in [-0.1, -0.05) is 103 Å². The van der Waals surface area contributed by atoms with Crippen LogP contribution >= 0.6 is 7.82 Å². The third-order valence-corrected chi connectivity index (χ3v) is 11.8. The molecule has 3 aromatic rings. The Morgan fingerprint density at radius 2 is 1.56 bits per heavy atom. The summed E-state index contributed by atoms with van der Waals surface area (Å²) in [6.07, 6.45) is 16.0. The maximum atomic E-state index is 13.1. The van der Waals surface area contributed by atoms with E-state index < -0.39 is 51.1 Å². The van der Waals surface area contributed by atoms with E-state index in [2.05, 4.69) is 23.1 Å². The molecule has 6 atom stereocenters. The van der Waals surface area contributed by atoms with Crippen LogP contribution in [0, 0.1) is 29.6 Å². The molecule has 3 N–H and O–H groups in total. The van der Waals surface area contributed by atoms with E-state index >= 15 is 0 Å². The van der Waals surface area contributed by atoms with Gasteiger partial charge in [0.2, 0.25) is 5.60 Å². The molecule has 0 saturated carbocycles. The second-order valence-corrected chi connectivity index (χ2v) is 16.8. The highest BCUT2D eigenvalue weighted by atomic mass is 31.2. The maximum Gasteiger partial charge on any atom is 0.472 e. The average Bonchev–Trinajstić information content (AvgIpc) is 3.79. The minimum atomic E-state index is -4.79. The van der Waals surface area contributed by atoms with Gasteiger partial charge in [0, 0.05) is 12.2 Å². The number of unbranched alkanes of at least 4 members (excludes halogenated alkanes) is 15. The minimum Gasteiger partial charge on any atom is -0.496 e. The number of ether oxygens (including phenoxy) is 4. The molecule has 326 valence electrons. The number of phosphoric ester groups is 1. The van der Waals surface area contributed by atoms with Crippen molar-refractivity contribution < 1.29 is 47.7 Å². The maximum absolute atomic E-state index is 13.1. The normalized spacial score (nSPS) is 20.6. The summed E-state index contributed by atoms with van der Waals surface area (Å²) in [6, 6.07) is 12.2. The molecule has 0 amide bonds. The largest absolute Gasteiger partial charge is 0.496 e. The quantitative estimate of drug-likeness (QED) is 0.0433. The number of methoxy groups -OCH3 is 1. The van der Waals surface area contributed by atoms with Crippen molar-refractivity contribution in [3.8, 4) is 17.9 Å². The third-order valence-electron chi connectivity index (χ3n) is 10.8. The van der Waals surface area contributed by atoms with Gasteiger partial charge in [0.25, 0.3) is 0 Å². The lowest BCUT2D eigenvalue weighted by molar-refractivity contribution is -0.0691. The van der Waals surface area contributed by atoms with E-state index in [1.54, 1.807) is 31.2 Å². The van der Waals surface area contributed by atoms with Gasteiger partial charge in [-0.2, -0.15) is 15.6 Å². The average molecular weight is 842 g/mol. The van der Waals surface area contributed by atoms with Gasteiger partial charge in [0.05, 0.1) is 62.1 Å². The molecule has 59 heavy (non-hydrogen) atoms. The lowest BCUT2D eigenvalue weighted by atomic mass is 9.92. The van der Waals surface area contributed by atoms with E-state index in [1.165, 1.54) is 107 Å². The van der Waals surface area contributed by atoms with Crippen molar-refractivity contribution in [2.45, 2.75) is 153 Å². The number of aromatic nitrogens is 3. The van der Waals surface area contributed by atoms with Crippen LogP contribution in [0.1, 0.15) is 132 Å². The van der Waals surface area contributed by atoms with Crippen LogP contribution < -0.4 is 4.74 Å². The van der Waals surface area contributed by atoms with Crippen molar-refractivity contribution in [3.05, 3.63) is 59.2 Å². The predicted molar refractivity (Wildman–Crippen MR) is 220 cm³/mol. The first-order valence-corrected chi connectivity index (χ1v) is 22.7. The Morgan fingerprint density at radius 1 is 0.915 bits per heavy atom. The Kier molecular flexibility index (Phi) is 20.7. The van der Waals surface area contributed by atoms with Crippen molar-refractivity contribution in [3.63, 3.8) is 0 Å².